The molecular formula is C19H36IN7O3S. The van der Waals surface area contributed by atoms with Crippen LogP contribution >= 0.6 is 24.0 Å². The van der Waals surface area contributed by atoms with Gasteiger partial charge in [-0.25, -0.2) is 8.42 Å². The van der Waals surface area contributed by atoms with E-state index in [4.69, 9.17) is 4.52 Å². The predicted molar refractivity (Wildman–Crippen MR) is 132 cm³/mol. The number of hydrogen-bond donors (Lipinski definition) is 1. The van der Waals surface area contributed by atoms with E-state index in [0.717, 1.165) is 38.6 Å². The Morgan fingerprint density at radius 3 is 2.61 bits per heavy atom. The molecule has 3 heterocycles. The second kappa shape index (κ2) is 12.9. The van der Waals surface area contributed by atoms with Crippen LogP contribution in [0.1, 0.15) is 18.5 Å². The summed E-state index contributed by atoms with van der Waals surface area (Å²) in [6.07, 6.45) is 3.69. The Balaban J connectivity index is 0.00000341. The summed E-state index contributed by atoms with van der Waals surface area (Å²) in [4.78, 5) is 11.4. The molecule has 0 amide bonds. The standard InChI is InChI=1S/C19H35N7O3S.HI/c1-20-19(21-6-3-8-24-9-4-7-23(2)10-11-24)25-12-14-26(15-13-25)30(27,28)17-18-5-16-29-22-18;/h5,16H,3-4,6-15,17H2,1-2H3,(H,20,21);1H. The Hall–Kier alpha value is -0.960. The molecule has 31 heavy (non-hydrogen) atoms. The maximum Gasteiger partial charge on any atom is 0.220 e. The Morgan fingerprint density at radius 2 is 1.94 bits per heavy atom. The fourth-order valence-electron chi connectivity index (χ4n) is 3.93. The number of nitrogens with zero attached hydrogens (tertiary/aromatic N) is 6. The quantitative estimate of drug-likeness (QED) is 0.218. The summed E-state index contributed by atoms with van der Waals surface area (Å²) in [7, 11) is 0.580. The number of nitrogens with one attached hydrogen (secondary N) is 1. The Morgan fingerprint density at radius 1 is 1.16 bits per heavy atom. The van der Waals surface area contributed by atoms with E-state index >= 15 is 0 Å². The number of halogens is 1. The molecule has 0 spiro atoms. The van der Waals surface area contributed by atoms with E-state index < -0.39 is 10.0 Å². The van der Waals surface area contributed by atoms with Crippen molar-refractivity contribution in [2.45, 2.75) is 18.6 Å². The molecule has 0 bridgehead atoms. The second-order valence-corrected chi connectivity index (χ2v) is 9.93. The maximum absolute atomic E-state index is 12.6. The van der Waals surface area contributed by atoms with Gasteiger partial charge in [-0.2, -0.15) is 4.31 Å². The first-order valence-corrected chi connectivity index (χ1v) is 12.3. The normalized spacial score (nSPS) is 20.3. The van der Waals surface area contributed by atoms with Gasteiger partial charge in [0.2, 0.25) is 10.0 Å². The van der Waals surface area contributed by atoms with Crippen LogP contribution in [0.3, 0.4) is 0 Å². The van der Waals surface area contributed by atoms with Crippen LogP contribution in [0.4, 0.5) is 0 Å². The summed E-state index contributed by atoms with van der Waals surface area (Å²) in [5, 5.41) is 7.15. The fraction of sp³-hybridized carbons (Fsp3) is 0.789. The Kier molecular flexibility index (Phi) is 11.0. The van der Waals surface area contributed by atoms with Crippen molar-refractivity contribution in [3.8, 4) is 0 Å². The predicted octanol–water partition coefficient (Wildman–Crippen LogP) is 0.343. The van der Waals surface area contributed by atoms with Crippen molar-refractivity contribution < 1.29 is 12.9 Å². The molecule has 2 aliphatic rings. The third-order valence-electron chi connectivity index (χ3n) is 5.71. The van der Waals surface area contributed by atoms with Crippen LogP contribution in [0.15, 0.2) is 21.8 Å². The van der Waals surface area contributed by atoms with Crippen molar-refractivity contribution in [2.24, 2.45) is 4.99 Å². The van der Waals surface area contributed by atoms with E-state index in [0.29, 0.717) is 31.9 Å². The topological polar surface area (TPSA) is 97.5 Å². The zero-order chi connectivity index (χ0) is 21.4. The Bertz CT molecular complexity index is 767. The minimum absolute atomic E-state index is 0. The van der Waals surface area contributed by atoms with Gasteiger partial charge in [-0.05, 0) is 39.5 Å². The molecule has 0 aromatic carbocycles. The number of likely N-dealkylation sites (N-methyl/N-ethyl adjacent to an activating group) is 1. The maximum atomic E-state index is 12.6. The van der Waals surface area contributed by atoms with Gasteiger partial charge in [0.25, 0.3) is 0 Å². The molecule has 1 aromatic heterocycles. The van der Waals surface area contributed by atoms with Crippen molar-refractivity contribution in [1.82, 2.24) is 29.5 Å². The van der Waals surface area contributed by atoms with Crippen molar-refractivity contribution in [3.63, 3.8) is 0 Å². The van der Waals surface area contributed by atoms with E-state index in [1.807, 2.05) is 0 Å². The van der Waals surface area contributed by atoms with Gasteiger partial charge in [0.15, 0.2) is 5.96 Å². The van der Waals surface area contributed by atoms with Gasteiger partial charge in [-0.15, -0.1) is 24.0 Å². The molecule has 1 N–H and O–H groups in total. The molecule has 2 saturated heterocycles. The number of hydrogen-bond acceptors (Lipinski definition) is 7. The smallest absolute Gasteiger partial charge is 0.220 e. The van der Waals surface area contributed by atoms with E-state index in [2.05, 4.69) is 37.2 Å². The Labute approximate surface area is 203 Å². The number of guanidine groups is 1. The van der Waals surface area contributed by atoms with Gasteiger partial charge < -0.3 is 24.5 Å². The first-order chi connectivity index (χ1) is 14.5. The second-order valence-electron chi connectivity index (χ2n) is 7.96. The highest BCUT2D eigenvalue weighted by Crippen LogP contribution is 2.13. The van der Waals surface area contributed by atoms with Crippen LogP contribution in [0, 0.1) is 0 Å². The number of rotatable bonds is 7. The average molecular weight is 570 g/mol. The minimum atomic E-state index is -3.39. The summed E-state index contributed by atoms with van der Waals surface area (Å²) in [6, 6.07) is 1.59. The van der Waals surface area contributed by atoms with Crippen LogP contribution in [0.2, 0.25) is 0 Å². The molecule has 0 atom stereocenters. The lowest BCUT2D eigenvalue weighted by molar-refractivity contribution is 0.257. The van der Waals surface area contributed by atoms with Crippen LogP contribution in [-0.4, -0.2) is 118 Å². The summed E-state index contributed by atoms with van der Waals surface area (Å²) in [5.74, 6) is 0.724. The third kappa shape index (κ3) is 8.15. The van der Waals surface area contributed by atoms with Gasteiger partial charge in [-0.1, -0.05) is 5.16 Å². The molecule has 2 aliphatic heterocycles. The lowest BCUT2D eigenvalue weighted by Crippen LogP contribution is -2.54. The molecule has 178 valence electrons. The van der Waals surface area contributed by atoms with Crippen LogP contribution < -0.4 is 5.32 Å². The molecule has 3 rings (SSSR count). The molecular weight excluding hydrogens is 533 g/mol. The summed E-state index contributed by atoms with van der Waals surface area (Å²) < 4.78 is 31.4. The van der Waals surface area contributed by atoms with Gasteiger partial charge in [0, 0.05) is 58.9 Å². The SMILES string of the molecule is CN=C(NCCCN1CCCN(C)CC1)N1CCN(S(=O)(=O)Cc2ccon2)CC1.I. The van der Waals surface area contributed by atoms with E-state index in [1.165, 1.54) is 30.1 Å². The zero-order valence-corrected chi connectivity index (χ0v) is 21.7. The van der Waals surface area contributed by atoms with E-state index in [-0.39, 0.29) is 29.7 Å². The lowest BCUT2D eigenvalue weighted by atomic mass is 10.3. The minimum Gasteiger partial charge on any atom is -0.364 e. The van der Waals surface area contributed by atoms with Gasteiger partial charge in [-0.3, -0.25) is 4.99 Å². The highest BCUT2D eigenvalue weighted by molar-refractivity contribution is 14.0. The van der Waals surface area contributed by atoms with E-state index in [9.17, 15) is 8.42 Å². The first kappa shape index (κ1) is 26.3. The van der Waals surface area contributed by atoms with Crippen molar-refractivity contribution in [1.29, 1.82) is 0 Å². The van der Waals surface area contributed by atoms with Crippen molar-refractivity contribution >= 4 is 40.0 Å². The van der Waals surface area contributed by atoms with E-state index in [1.54, 1.807) is 13.1 Å². The highest BCUT2D eigenvalue weighted by Gasteiger charge is 2.28. The van der Waals surface area contributed by atoms with Gasteiger partial charge in [0.1, 0.15) is 12.0 Å². The zero-order valence-electron chi connectivity index (χ0n) is 18.6. The average Bonchev–Trinajstić information content (AvgIpc) is 3.15. The number of aromatic nitrogens is 1. The summed E-state index contributed by atoms with van der Waals surface area (Å²) in [5.41, 5.74) is 0.436. The number of aliphatic imine (C=N–C) groups is 1. The first-order valence-electron chi connectivity index (χ1n) is 10.7. The van der Waals surface area contributed by atoms with Crippen molar-refractivity contribution in [2.75, 3.05) is 79.5 Å². The largest absolute Gasteiger partial charge is 0.364 e. The van der Waals surface area contributed by atoms with Gasteiger partial charge >= 0.3 is 0 Å². The summed E-state index contributed by atoms with van der Waals surface area (Å²) >= 11 is 0. The third-order valence-corrected chi connectivity index (χ3v) is 7.52. The molecule has 0 radical (unpaired) electrons. The van der Waals surface area contributed by atoms with Crippen LogP contribution in [0.25, 0.3) is 0 Å². The monoisotopic (exact) mass is 569 g/mol. The highest BCUT2D eigenvalue weighted by atomic mass is 127. The van der Waals surface area contributed by atoms with Gasteiger partial charge in [0.05, 0.1) is 5.69 Å². The molecule has 1 aromatic rings. The van der Waals surface area contributed by atoms with Crippen LogP contribution in [0.5, 0.6) is 0 Å². The molecule has 10 nitrogen and oxygen atoms in total. The number of sulfonamides is 1. The molecule has 0 saturated carbocycles. The molecule has 0 unspecified atom stereocenters. The molecule has 2 fully saturated rings. The molecule has 12 heteroatoms. The lowest BCUT2D eigenvalue weighted by Gasteiger charge is -2.35. The van der Waals surface area contributed by atoms with Crippen LogP contribution in [-0.2, 0) is 15.8 Å². The van der Waals surface area contributed by atoms with Crippen molar-refractivity contribution in [3.05, 3.63) is 18.0 Å². The fourth-order valence-corrected chi connectivity index (χ4v) is 5.35. The molecule has 0 aliphatic carbocycles. The number of piperazine rings is 1. The summed E-state index contributed by atoms with van der Waals surface area (Å²) in [6.45, 7) is 8.72.